The molecular weight excluding hydrogens is 311 g/mol. The summed E-state index contributed by atoms with van der Waals surface area (Å²) in [6, 6.07) is 12.3. The fourth-order valence-electron chi connectivity index (χ4n) is 1.81. The molecule has 2 aromatic rings. The third-order valence-corrected chi connectivity index (χ3v) is 3.21. The van der Waals surface area contributed by atoms with Crippen LogP contribution in [0.4, 0.5) is 0 Å². The van der Waals surface area contributed by atoms with E-state index in [1.807, 2.05) is 25.1 Å². The van der Waals surface area contributed by atoms with E-state index in [9.17, 15) is 4.79 Å². The minimum Gasteiger partial charge on any atom is -0.490 e. The van der Waals surface area contributed by atoms with Crippen LogP contribution >= 0.6 is 23.2 Å². The predicted octanol–water partition coefficient (Wildman–Crippen LogP) is 4.70. The van der Waals surface area contributed by atoms with Crippen molar-refractivity contribution in [3.05, 3.63) is 58.6 Å². The second-order valence-electron chi connectivity index (χ2n) is 4.29. The summed E-state index contributed by atoms with van der Waals surface area (Å²) in [5.74, 6) is 1.05. The largest absolute Gasteiger partial charge is 0.490 e. The van der Waals surface area contributed by atoms with Gasteiger partial charge in [-0.3, -0.25) is 4.79 Å². The van der Waals surface area contributed by atoms with Gasteiger partial charge < -0.3 is 9.47 Å². The first-order valence-corrected chi connectivity index (χ1v) is 7.19. The van der Waals surface area contributed by atoms with Gasteiger partial charge in [0.05, 0.1) is 6.61 Å². The van der Waals surface area contributed by atoms with Crippen molar-refractivity contribution in [1.82, 2.24) is 0 Å². The topological polar surface area (TPSA) is 35.5 Å². The van der Waals surface area contributed by atoms with Gasteiger partial charge in [-0.1, -0.05) is 23.7 Å². The first-order valence-electron chi connectivity index (χ1n) is 6.44. The number of benzene rings is 2. The molecule has 5 heteroatoms. The number of hydrogen-bond donors (Lipinski definition) is 0. The quantitative estimate of drug-likeness (QED) is 0.722. The Morgan fingerprint density at radius 2 is 1.90 bits per heavy atom. The molecule has 0 saturated carbocycles. The Hall–Kier alpha value is -1.71. The van der Waals surface area contributed by atoms with Crippen molar-refractivity contribution in [2.75, 3.05) is 6.61 Å². The van der Waals surface area contributed by atoms with Crippen molar-refractivity contribution < 1.29 is 14.3 Å². The molecule has 0 bridgehead atoms. The van der Waals surface area contributed by atoms with Crippen LogP contribution in [0.15, 0.2) is 42.5 Å². The number of halogens is 2. The highest BCUT2D eigenvalue weighted by molar-refractivity contribution is 6.67. The van der Waals surface area contributed by atoms with E-state index in [1.165, 1.54) is 0 Å². The average molecular weight is 325 g/mol. The standard InChI is InChI=1S/C16H14Cl2O3/c1-2-20-15-9-12(16(18)19)6-7-14(15)21-10-11-4-3-5-13(17)8-11/h3-9H,2,10H2,1H3. The second-order valence-corrected chi connectivity index (χ2v) is 5.07. The molecule has 2 rings (SSSR count). The number of rotatable bonds is 6. The Labute approximate surface area is 133 Å². The Morgan fingerprint density at radius 1 is 1.10 bits per heavy atom. The monoisotopic (exact) mass is 324 g/mol. The van der Waals surface area contributed by atoms with Gasteiger partial charge in [0.25, 0.3) is 5.24 Å². The van der Waals surface area contributed by atoms with Gasteiger partial charge in [0, 0.05) is 10.6 Å². The Kier molecular flexibility index (Phi) is 5.48. The zero-order valence-corrected chi connectivity index (χ0v) is 12.9. The fraction of sp³-hybridized carbons (Fsp3) is 0.188. The molecular formula is C16H14Cl2O3. The molecule has 3 nitrogen and oxygen atoms in total. The van der Waals surface area contributed by atoms with E-state index in [2.05, 4.69) is 0 Å². The third-order valence-electron chi connectivity index (χ3n) is 2.75. The van der Waals surface area contributed by atoms with Crippen LogP contribution < -0.4 is 9.47 Å². The molecule has 21 heavy (non-hydrogen) atoms. The van der Waals surface area contributed by atoms with Crippen molar-refractivity contribution in [2.45, 2.75) is 13.5 Å². The summed E-state index contributed by atoms with van der Waals surface area (Å²) >= 11 is 11.4. The van der Waals surface area contributed by atoms with Crippen molar-refractivity contribution >= 4 is 28.4 Å². The lowest BCUT2D eigenvalue weighted by Gasteiger charge is -2.12. The van der Waals surface area contributed by atoms with E-state index < -0.39 is 5.24 Å². The van der Waals surface area contributed by atoms with Crippen LogP contribution in [0.25, 0.3) is 0 Å². The van der Waals surface area contributed by atoms with Crippen molar-refractivity contribution in [3.8, 4) is 11.5 Å². The maximum atomic E-state index is 11.2. The van der Waals surface area contributed by atoms with Crippen molar-refractivity contribution in [2.24, 2.45) is 0 Å². The maximum Gasteiger partial charge on any atom is 0.252 e. The minimum atomic E-state index is -0.530. The summed E-state index contributed by atoms with van der Waals surface area (Å²) in [7, 11) is 0. The molecule has 0 saturated heterocycles. The molecule has 0 heterocycles. The highest BCUT2D eigenvalue weighted by atomic mass is 35.5. The molecule has 0 amide bonds. The number of carbonyl (C=O) groups excluding carboxylic acids is 1. The number of ether oxygens (including phenoxy) is 2. The molecule has 0 atom stereocenters. The SMILES string of the molecule is CCOc1cc(C(=O)Cl)ccc1OCc1cccc(Cl)c1. The second kappa shape index (κ2) is 7.34. The fourth-order valence-corrected chi connectivity index (χ4v) is 2.14. The van der Waals surface area contributed by atoms with Gasteiger partial charge in [0.1, 0.15) is 6.61 Å². The molecule has 0 aliphatic carbocycles. The molecule has 0 unspecified atom stereocenters. The number of carbonyl (C=O) groups is 1. The zero-order valence-electron chi connectivity index (χ0n) is 11.4. The lowest BCUT2D eigenvalue weighted by molar-refractivity contribution is 0.108. The van der Waals surface area contributed by atoms with Crippen LogP contribution in [0.5, 0.6) is 11.5 Å². The molecule has 0 radical (unpaired) electrons. The summed E-state index contributed by atoms with van der Waals surface area (Å²) in [4.78, 5) is 11.2. The lowest BCUT2D eigenvalue weighted by atomic mass is 10.2. The number of hydrogen-bond acceptors (Lipinski definition) is 3. The van der Waals surface area contributed by atoms with Crippen LogP contribution in [0.2, 0.25) is 5.02 Å². The van der Waals surface area contributed by atoms with Crippen LogP contribution in [0.3, 0.4) is 0 Å². The third kappa shape index (κ3) is 4.38. The first-order chi connectivity index (χ1) is 10.1. The van der Waals surface area contributed by atoms with E-state index in [4.69, 9.17) is 32.7 Å². The molecule has 0 spiro atoms. The highest BCUT2D eigenvalue weighted by Gasteiger charge is 2.10. The predicted molar refractivity (Wildman–Crippen MR) is 83.6 cm³/mol. The van der Waals surface area contributed by atoms with E-state index >= 15 is 0 Å². The molecule has 0 aliphatic heterocycles. The Morgan fingerprint density at radius 3 is 2.57 bits per heavy atom. The Balaban J connectivity index is 2.16. The van der Waals surface area contributed by atoms with E-state index in [0.29, 0.717) is 35.3 Å². The molecule has 0 N–H and O–H groups in total. The minimum absolute atomic E-state index is 0.356. The Bertz CT molecular complexity index is 641. The molecule has 0 aromatic heterocycles. The highest BCUT2D eigenvalue weighted by Crippen LogP contribution is 2.30. The van der Waals surface area contributed by atoms with Gasteiger partial charge in [-0.15, -0.1) is 0 Å². The van der Waals surface area contributed by atoms with Crippen LogP contribution in [-0.4, -0.2) is 11.8 Å². The van der Waals surface area contributed by atoms with Gasteiger partial charge in [-0.2, -0.15) is 0 Å². The first kappa shape index (κ1) is 15.7. The van der Waals surface area contributed by atoms with Gasteiger partial charge >= 0.3 is 0 Å². The van der Waals surface area contributed by atoms with Gasteiger partial charge in [-0.25, -0.2) is 0 Å². The summed E-state index contributed by atoms with van der Waals surface area (Å²) in [5.41, 5.74) is 1.32. The molecule has 0 aliphatic rings. The molecule has 2 aromatic carbocycles. The maximum absolute atomic E-state index is 11.2. The van der Waals surface area contributed by atoms with Crippen LogP contribution in [-0.2, 0) is 6.61 Å². The van der Waals surface area contributed by atoms with E-state index in [0.717, 1.165) is 5.56 Å². The van der Waals surface area contributed by atoms with Gasteiger partial charge in [0.15, 0.2) is 11.5 Å². The van der Waals surface area contributed by atoms with Gasteiger partial charge in [-0.05, 0) is 54.4 Å². The summed E-state index contributed by atoms with van der Waals surface area (Å²) < 4.78 is 11.2. The smallest absolute Gasteiger partial charge is 0.252 e. The summed E-state index contributed by atoms with van der Waals surface area (Å²) in [6.45, 7) is 2.68. The normalized spacial score (nSPS) is 10.2. The van der Waals surface area contributed by atoms with Crippen molar-refractivity contribution in [3.63, 3.8) is 0 Å². The zero-order chi connectivity index (χ0) is 15.2. The lowest BCUT2D eigenvalue weighted by Crippen LogP contribution is -2.01. The summed E-state index contributed by atoms with van der Waals surface area (Å²) in [5, 5.41) is 0.126. The summed E-state index contributed by atoms with van der Waals surface area (Å²) in [6.07, 6.45) is 0. The molecule has 0 fully saturated rings. The van der Waals surface area contributed by atoms with Crippen LogP contribution in [0.1, 0.15) is 22.8 Å². The molecule has 110 valence electrons. The van der Waals surface area contributed by atoms with E-state index in [1.54, 1.807) is 24.3 Å². The van der Waals surface area contributed by atoms with E-state index in [-0.39, 0.29) is 0 Å². The van der Waals surface area contributed by atoms with Gasteiger partial charge in [0.2, 0.25) is 0 Å². The average Bonchev–Trinajstić information content (AvgIpc) is 2.46. The van der Waals surface area contributed by atoms with Crippen molar-refractivity contribution in [1.29, 1.82) is 0 Å². The van der Waals surface area contributed by atoms with Crippen LogP contribution in [0, 0.1) is 0 Å².